The van der Waals surface area contributed by atoms with Crippen molar-refractivity contribution in [2.45, 2.75) is 0 Å². The third-order valence-corrected chi connectivity index (χ3v) is 11.1. The lowest BCUT2D eigenvalue weighted by Gasteiger charge is -2.25. The van der Waals surface area contributed by atoms with Gasteiger partial charge in [-0.2, -0.15) is 0 Å². The van der Waals surface area contributed by atoms with Crippen molar-refractivity contribution in [1.82, 2.24) is 14.1 Å². The molecule has 0 spiro atoms. The summed E-state index contributed by atoms with van der Waals surface area (Å²) < 4.78 is 4.82. The molecule has 0 aliphatic heterocycles. The average molecular weight is 744 g/mol. The molecule has 0 amide bonds. The van der Waals surface area contributed by atoms with Gasteiger partial charge in [-0.15, -0.1) is 0 Å². The lowest BCUT2D eigenvalue weighted by Crippen LogP contribution is -2.10. The number of hydrogen-bond donors (Lipinski definition) is 0. The van der Waals surface area contributed by atoms with Crippen LogP contribution in [0.25, 0.3) is 55.1 Å². The molecule has 0 unspecified atom stereocenters. The minimum Gasteiger partial charge on any atom is -0.311 e. The summed E-state index contributed by atoms with van der Waals surface area (Å²) in [6.07, 6.45) is 2.06. The molecule has 0 aliphatic carbocycles. The summed E-state index contributed by atoms with van der Waals surface area (Å²) in [7, 11) is 0. The standard InChI is InChI=1S/C53H37N5/c1-5-17-38(18-6-1)55(39-19-7-2-8-20-39)42-29-33-44(34-30-42)57-49-27-15-13-25-46(49)48-37-54-51-47-26-14-16-28-50(47)58(53(51)52(48)57)45-35-31-43(32-36-45)56(40-21-9-3-10-22-40)41-23-11-4-12-24-41/h1-37H. The van der Waals surface area contributed by atoms with Crippen molar-refractivity contribution in [3.05, 3.63) is 225 Å². The van der Waals surface area contributed by atoms with Crippen LogP contribution in [0.4, 0.5) is 34.1 Å². The second-order valence-electron chi connectivity index (χ2n) is 14.5. The molecule has 11 rings (SSSR count). The van der Waals surface area contributed by atoms with Crippen LogP contribution in [-0.2, 0) is 0 Å². The van der Waals surface area contributed by atoms with Crippen LogP contribution in [0.1, 0.15) is 0 Å². The van der Waals surface area contributed by atoms with Crippen LogP contribution in [0.15, 0.2) is 225 Å². The molecule has 0 radical (unpaired) electrons. The van der Waals surface area contributed by atoms with Gasteiger partial charge < -0.3 is 18.9 Å². The first-order valence-electron chi connectivity index (χ1n) is 19.6. The number of hydrogen-bond acceptors (Lipinski definition) is 3. The smallest absolute Gasteiger partial charge is 0.0985 e. The van der Waals surface area contributed by atoms with Crippen LogP contribution >= 0.6 is 0 Å². The summed E-state index contributed by atoms with van der Waals surface area (Å²) >= 11 is 0. The van der Waals surface area contributed by atoms with Crippen molar-refractivity contribution >= 4 is 77.9 Å². The van der Waals surface area contributed by atoms with Crippen LogP contribution in [0.2, 0.25) is 0 Å². The number of pyridine rings is 1. The predicted molar refractivity (Wildman–Crippen MR) is 242 cm³/mol. The van der Waals surface area contributed by atoms with Crippen LogP contribution in [0.3, 0.4) is 0 Å². The summed E-state index contributed by atoms with van der Waals surface area (Å²) in [5, 5.41) is 3.40. The van der Waals surface area contributed by atoms with Crippen LogP contribution in [-0.4, -0.2) is 14.1 Å². The molecular weight excluding hydrogens is 707 g/mol. The lowest BCUT2D eigenvalue weighted by atomic mass is 10.1. The van der Waals surface area contributed by atoms with Crippen molar-refractivity contribution in [2.24, 2.45) is 0 Å². The van der Waals surface area contributed by atoms with E-state index >= 15 is 0 Å². The molecule has 8 aromatic carbocycles. The van der Waals surface area contributed by atoms with Gasteiger partial charge in [0.1, 0.15) is 0 Å². The van der Waals surface area contributed by atoms with Crippen molar-refractivity contribution in [3.8, 4) is 11.4 Å². The maximum Gasteiger partial charge on any atom is 0.0985 e. The van der Waals surface area contributed by atoms with E-state index in [0.29, 0.717) is 0 Å². The Morgan fingerprint density at radius 2 is 0.638 bits per heavy atom. The first kappa shape index (κ1) is 33.4. The zero-order chi connectivity index (χ0) is 38.4. The first-order valence-corrected chi connectivity index (χ1v) is 19.6. The molecule has 5 heteroatoms. The Morgan fingerprint density at radius 1 is 0.293 bits per heavy atom. The van der Waals surface area contributed by atoms with Crippen LogP contribution < -0.4 is 9.80 Å². The molecule has 0 saturated carbocycles. The summed E-state index contributed by atoms with van der Waals surface area (Å²) in [5.41, 5.74) is 14.2. The zero-order valence-corrected chi connectivity index (χ0v) is 31.6. The Kier molecular flexibility index (Phi) is 8.07. The molecule has 0 N–H and O–H groups in total. The monoisotopic (exact) mass is 743 g/mol. The summed E-state index contributed by atoms with van der Waals surface area (Å²) in [6.45, 7) is 0. The van der Waals surface area contributed by atoms with E-state index in [1.165, 1.54) is 5.39 Å². The Balaban J connectivity index is 1.12. The number of aromatic nitrogens is 3. The SMILES string of the molecule is c1ccc(N(c2ccccc2)c2ccc(-n3c4ccccc4c4cnc5c6ccccc6n(-c6ccc(N(c7ccccc7)c7ccccc7)cc6)c5c43)cc2)cc1. The molecule has 5 nitrogen and oxygen atoms in total. The van der Waals surface area contributed by atoms with E-state index in [2.05, 4.69) is 244 Å². The molecule has 0 bridgehead atoms. The number of para-hydroxylation sites is 6. The minimum atomic E-state index is 0.974. The molecule has 11 aromatic rings. The number of rotatable bonds is 8. The molecule has 0 saturated heterocycles. The molecule has 0 fully saturated rings. The lowest BCUT2D eigenvalue weighted by molar-refractivity contribution is 1.14. The highest BCUT2D eigenvalue weighted by atomic mass is 15.1. The zero-order valence-electron chi connectivity index (χ0n) is 31.6. The Hall–Kier alpha value is -7.89. The van der Waals surface area contributed by atoms with Gasteiger partial charge in [0.05, 0.1) is 27.6 Å². The van der Waals surface area contributed by atoms with Gasteiger partial charge >= 0.3 is 0 Å². The van der Waals surface area contributed by atoms with E-state index in [4.69, 9.17) is 4.98 Å². The maximum atomic E-state index is 5.22. The molecule has 58 heavy (non-hydrogen) atoms. The normalized spacial score (nSPS) is 11.4. The third kappa shape index (κ3) is 5.52. The maximum absolute atomic E-state index is 5.22. The molecule has 3 aromatic heterocycles. The highest BCUT2D eigenvalue weighted by molar-refractivity contribution is 6.22. The fraction of sp³-hybridized carbons (Fsp3) is 0. The summed E-state index contributed by atoms with van der Waals surface area (Å²) in [4.78, 5) is 9.82. The fourth-order valence-corrected chi connectivity index (χ4v) is 8.57. The quantitative estimate of drug-likeness (QED) is 0.155. The van der Waals surface area contributed by atoms with Gasteiger partial charge in [0.25, 0.3) is 0 Å². The van der Waals surface area contributed by atoms with Crippen molar-refractivity contribution < 1.29 is 0 Å². The summed E-state index contributed by atoms with van der Waals surface area (Å²) in [5.74, 6) is 0. The third-order valence-electron chi connectivity index (χ3n) is 11.1. The van der Waals surface area contributed by atoms with Crippen LogP contribution in [0, 0.1) is 0 Å². The molecule has 0 atom stereocenters. The highest BCUT2D eigenvalue weighted by Crippen LogP contribution is 2.42. The van der Waals surface area contributed by atoms with Gasteiger partial charge in [-0.3, -0.25) is 4.98 Å². The molecule has 274 valence electrons. The number of nitrogens with zero attached hydrogens (tertiary/aromatic N) is 5. The Bertz CT molecular complexity index is 2890. The second kappa shape index (κ2) is 14.0. The fourth-order valence-electron chi connectivity index (χ4n) is 8.57. The number of anilines is 6. The van der Waals surface area contributed by atoms with Gasteiger partial charge in [-0.1, -0.05) is 109 Å². The Morgan fingerprint density at radius 3 is 1.09 bits per heavy atom. The summed E-state index contributed by atoms with van der Waals surface area (Å²) in [6, 6.07) is 77.4. The Labute approximate surface area is 336 Å². The number of benzene rings is 8. The van der Waals surface area contributed by atoms with E-state index in [1.54, 1.807) is 0 Å². The van der Waals surface area contributed by atoms with Gasteiger partial charge in [-0.05, 0) is 109 Å². The van der Waals surface area contributed by atoms with Gasteiger partial charge in [0.15, 0.2) is 0 Å². The van der Waals surface area contributed by atoms with Crippen molar-refractivity contribution in [1.29, 1.82) is 0 Å². The first-order chi connectivity index (χ1) is 28.8. The molecular formula is C53H37N5. The van der Waals surface area contributed by atoms with Gasteiger partial charge in [0, 0.05) is 67.9 Å². The topological polar surface area (TPSA) is 29.2 Å². The van der Waals surface area contributed by atoms with Crippen molar-refractivity contribution in [3.63, 3.8) is 0 Å². The largest absolute Gasteiger partial charge is 0.311 e. The second-order valence-corrected chi connectivity index (χ2v) is 14.5. The predicted octanol–water partition coefficient (Wildman–Crippen LogP) is 14.2. The van der Waals surface area contributed by atoms with Crippen LogP contribution in [0.5, 0.6) is 0 Å². The average Bonchev–Trinajstić information content (AvgIpc) is 3.82. The number of fused-ring (bicyclic) bond motifs is 7. The van der Waals surface area contributed by atoms with E-state index in [-0.39, 0.29) is 0 Å². The van der Waals surface area contributed by atoms with Crippen molar-refractivity contribution in [2.75, 3.05) is 9.80 Å². The van der Waals surface area contributed by atoms with E-state index in [0.717, 1.165) is 83.9 Å². The van der Waals surface area contributed by atoms with E-state index in [1.807, 2.05) is 0 Å². The van der Waals surface area contributed by atoms with E-state index in [9.17, 15) is 0 Å². The molecule has 3 heterocycles. The highest BCUT2D eigenvalue weighted by Gasteiger charge is 2.23. The van der Waals surface area contributed by atoms with Gasteiger partial charge in [-0.25, -0.2) is 0 Å². The van der Waals surface area contributed by atoms with Gasteiger partial charge in [0.2, 0.25) is 0 Å². The van der Waals surface area contributed by atoms with E-state index < -0.39 is 0 Å². The molecule has 0 aliphatic rings. The minimum absolute atomic E-state index is 0.974.